The molecule has 0 radical (unpaired) electrons. The van der Waals surface area contributed by atoms with Crippen LogP contribution in [-0.4, -0.2) is 37.2 Å². The van der Waals surface area contributed by atoms with E-state index in [0.29, 0.717) is 19.3 Å². The van der Waals surface area contributed by atoms with Gasteiger partial charge in [-0.25, -0.2) is 0 Å². The minimum absolute atomic E-state index is 0.0858. The number of hydrogen-bond acceptors (Lipinski definition) is 6. The van der Waals surface area contributed by atoms with E-state index in [4.69, 9.17) is 14.2 Å². The van der Waals surface area contributed by atoms with E-state index in [1.54, 1.807) is 0 Å². The van der Waals surface area contributed by atoms with Crippen molar-refractivity contribution in [2.75, 3.05) is 13.2 Å². The summed E-state index contributed by atoms with van der Waals surface area (Å²) in [6.07, 6.45) is 97.7. The molecular weight excluding hydrogens is 1010 g/mol. The predicted octanol–water partition coefficient (Wildman–Crippen LogP) is 23.7. The van der Waals surface area contributed by atoms with Gasteiger partial charge in [-0.1, -0.05) is 302 Å². The molecule has 0 aliphatic carbocycles. The number of esters is 3. The second kappa shape index (κ2) is 69.0. The van der Waals surface area contributed by atoms with Crippen LogP contribution in [0.2, 0.25) is 0 Å². The maximum atomic E-state index is 12.9. The quantitative estimate of drug-likeness (QED) is 0.0261. The van der Waals surface area contributed by atoms with E-state index in [1.165, 1.54) is 128 Å². The normalized spacial score (nSPS) is 13.0. The van der Waals surface area contributed by atoms with Crippen molar-refractivity contribution in [2.24, 2.45) is 0 Å². The van der Waals surface area contributed by atoms with Crippen molar-refractivity contribution in [3.05, 3.63) is 134 Å². The molecule has 1 atom stereocenters. The van der Waals surface area contributed by atoms with Gasteiger partial charge in [-0.05, 0) is 122 Å². The highest BCUT2D eigenvalue weighted by atomic mass is 16.6. The molecule has 0 aromatic rings. The fraction of sp³-hybridized carbons (Fsp3) is 0.671. The molecule has 466 valence electrons. The first-order chi connectivity index (χ1) is 40.5. The van der Waals surface area contributed by atoms with Crippen molar-refractivity contribution in [3.8, 4) is 0 Å². The Kier molecular flexibility index (Phi) is 65.3. The third-order valence-electron chi connectivity index (χ3n) is 14.4. The largest absolute Gasteiger partial charge is 0.462 e. The SMILES string of the molecule is CC/C=C\C/C=C\C/C=C\C/C=C\C/C=C\C/C=C\C/C=C\C/C=C\C/C=C\CCCCCCCC(=O)OCC(COC(=O)CCCCCCCCCC)OC(=O)CCCCCCCCCCCCC/C=C\C/C=C\CCCCCCC. The Labute approximate surface area is 506 Å². The average molecular weight is 1140 g/mol. The van der Waals surface area contributed by atoms with Gasteiger partial charge in [-0.2, -0.15) is 0 Å². The van der Waals surface area contributed by atoms with Crippen LogP contribution in [0.3, 0.4) is 0 Å². The molecule has 0 aliphatic rings. The second-order valence-corrected chi connectivity index (χ2v) is 22.4. The summed E-state index contributed by atoms with van der Waals surface area (Å²) in [6, 6.07) is 0. The summed E-state index contributed by atoms with van der Waals surface area (Å²) >= 11 is 0. The first-order valence-electron chi connectivity index (χ1n) is 34.2. The van der Waals surface area contributed by atoms with Crippen LogP contribution in [0.15, 0.2) is 134 Å². The molecule has 0 aliphatic heterocycles. The zero-order valence-corrected chi connectivity index (χ0v) is 53.5. The lowest BCUT2D eigenvalue weighted by atomic mass is 10.0. The lowest BCUT2D eigenvalue weighted by molar-refractivity contribution is -0.167. The van der Waals surface area contributed by atoms with Crippen LogP contribution in [0.4, 0.5) is 0 Å². The number of carbonyl (C=O) groups excluding carboxylic acids is 3. The van der Waals surface area contributed by atoms with Gasteiger partial charge >= 0.3 is 17.9 Å². The van der Waals surface area contributed by atoms with E-state index in [0.717, 1.165) is 141 Å². The van der Waals surface area contributed by atoms with Crippen molar-refractivity contribution < 1.29 is 28.6 Å². The number of carbonyl (C=O) groups is 3. The molecule has 0 saturated heterocycles. The summed E-state index contributed by atoms with van der Waals surface area (Å²) in [4.78, 5) is 38.2. The summed E-state index contributed by atoms with van der Waals surface area (Å²) in [5, 5.41) is 0. The maximum Gasteiger partial charge on any atom is 0.306 e. The maximum absolute atomic E-state index is 12.9. The van der Waals surface area contributed by atoms with Crippen LogP contribution in [-0.2, 0) is 28.6 Å². The van der Waals surface area contributed by atoms with Crippen molar-refractivity contribution in [3.63, 3.8) is 0 Å². The Morgan fingerprint density at radius 3 is 0.744 bits per heavy atom. The Balaban J connectivity index is 4.22. The van der Waals surface area contributed by atoms with Gasteiger partial charge in [0.15, 0.2) is 6.10 Å². The number of ether oxygens (including phenoxy) is 3. The van der Waals surface area contributed by atoms with Gasteiger partial charge in [0.1, 0.15) is 13.2 Å². The van der Waals surface area contributed by atoms with Crippen molar-refractivity contribution in [1.82, 2.24) is 0 Å². The molecule has 82 heavy (non-hydrogen) atoms. The fourth-order valence-electron chi connectivity index (χ4n) is 9.29. The van der Waals surface area contributed by atoms with Gasteiger partial charge in [0.25, 0.3) is 0 Å². The minimum atomic E-state index is -0.789. The van der Waals surface area contributed by atoms with Crippen molar-refractivity contribution in [2.45, 2.75) is 316 Å². The van der Waals surface area contributed by atoms with Gasteiger partial charge in [0, 0.05) is 19.3 Å². The third-order valence-corrected chi connectivity index (χ3v) is 14.4. The van der Waals surface area contributed by atoms with Crippen LogP contribution in [0.25, 0.3) is 0 Å². The molecule has 0 rings (SSSR count). The van der Waals surface area contributed by atoms with Crippen LogP contribution in [0, 0.1) is 0 Å². The zero-order chi connectivity index (χ0) is 59.2. The summed E-state index contributed by atoms with van der Waals surface area (Å²) in [7, 11) is 0. The van der Waals surface area contributed by atoms with Gasteiger partial charge < -0.3 is 14.2 Å². The molecular formula is C76H126O6. The lowest BCUT2D eigenvalue weighted by Crippen LogP contribution is -2.30. The topological polar surface area (TPSA) is 78.9 Å². The molecule has 0 heterocycles. The minimum Gasteiger partial charge on any atom is -0.462 e. The van der Waals surface area contributed by atoms with Gasteiger partial charge in [0.05, 0.1) is 0 Å². The number of hydrogen-bond donors (Lipinski definition) is 0. The number of unbranched alkanes of at least 4 members (excludes halogenated alkanes) is 28. The molecule has 0 bridgehead atoms. The zero-order valence-electron chi connectivity index (χ0n) is 53.5. The molecule has 6 heteroatoms. The van der Waals surface area contributed by atoms with E-state index >= 15 is 0 Å². The third kappa shape index (κ3) is 66.4. The van der Waals surface area contributed by atoms with Gasteiger partial charge in [-0.15, -0.1) is 0 Å². The monoisotopic (exact) mass is 1130 g/mol. The number of rotatable bonds is 61. The van der Waals surface area contributed by atoms with Gasteiger partial charge in [0.2, 0.25) is 0 Å². The van der Waals surface area contributed by atoms with Crippen molar-refractivity contribution in [1.29, 1.82) is 0 Å². The van der Waals surface area contributed by atoms with Crippen LogP contribution >= 0.6 is 0 Å². The number of allylic oxidation sites excluding steroid dienone is 22. The van der Waals surface area contributed by atoms with Crippen LogP contribution in [0.1, 0.15) is 310 Å². The predicted molar refractivity (Wildman–Crippen MR) is 357 cm³/mol. The van der Waals surface area contributed by atoms with Crippen molar-refractivity contribution >= 4 is 17.9 Å². The summed E-state index contributed by atoms with van der Waals surface area (Å²) in [5.74, 6) is -0.907. The van der Waals surface area contributed by atoms with E-state index in [-0.39, 0.29) is 31.1 Å². The summed E-state index contributed by atoms with van der Waals surface area (Å²) in [6.45, 7) is 6.48. The molecule has 0 N–H and O–H groups in total. The summed E-state index contributed by atoms with van der Waals surface area (Å²) < 4.78 is 16.9. The van der Waals surface area contributed by atoms with Crippen LogP contribution in [0.5, 0.6) is 0 Å². The highest BCUT2D eigenvalue weighted by molar-refractivity contribution is 5.71. The van der Waals surface area contributed by atoms with E-state index < -0.39 is 6.10 Å². The van der Waals surface area contributed by atoms with Crippen LogP contribution < -0.4 is 0 Å². The first kappa shape index (κ1) is 77.5. The highest BCUT2D eigenvalue weighted by Crippen LogP contribution is 2.16. The molecule has 0 saturated carbocycles. The molecule has 0 aromatic heterocycles. The first-order valence-corrected chi connectivity index (χ1v) is 34.2. The molecule has 0 spiro atoms. The summed E-state index contributed by atoms with van der Waals surface area (Å²) in [5.41, 5.74) is 0. The standard InChI is InChI=1S/C76H126O6/c1-4-7-10-13-16-19-21-23-25-27-29-31-33-34-35-36-37-38-39-40-41-42-44-45-47-49-51-53-55-57-60-63-66-69-75(78)81-72-73(71-80-74(77)68-65-62-59-18-15-12-9-6-3)82-76(79)70-67-64-61-58-56-54-52-50-48-46-43-32-30-28-26-24-22-20-17-14-11-8-5-2/h7,10,16,19,22-25,28-31,34-35,37-38,40-41,44-45,49,51,73H,4-6,8-9,11-15,17-18,20-21,26-27,32-33,36,39,42-43,46-48,50,52-72H2,1-3H3/b10-7-,19-16-,24-22-,25-23-,30-28-,31-29-,35-34-,38-37-,41-40-,45-44-,51-49-. The lowest BCUT2D eigenvalue weighted by Gasteiger charge is -2.18. The molecule has 0 amide bonds. The average Bonchev–Trinajstić information content (AvgIpc) is 3.47. The smallest absolute Gasteiger partial charge is 0.306 e. The Bertz CT molecular complexity index is 1730. The Morgan fingerprint density at radius 1 is 0.256 bits per heavy atom. The van der Waals surface area contributed by atoms with E-state index in [9.17, 15) is 14.4 Å². The Hall–Kier alpha value is -4.45. The fourth-order valence-corrected chi connectivity index (χ4v) is 9.29. The van der Waals surface area contributed by atoms with E-state index in [2.05, 4.69) is 154 Å². The second-order valence-electron chi connectivity index (χ2n) is 22.4. The molecule has 1 unspecified atom stereocenters. The molecule has 6 nitrogen and oxygen atoms in total. The van der Waals surface area contributed by atoms with E-state index in [1.807, 2.05) is 0 Å². The van der Waals surface area contributed by atoms with Gasteiger partial charge in [-0.3, -0.25) is 14.4 Å². The highest BCUT2D eigenvalue weighted by Gasteiger charge is 2.19. The Morgan fingerprint density at radius 2 is 0.476 bits per heavy atom. The molecule has 0 aromatic carbocycles. The molecule has 0 fully saturated rings.